The number of nitrogens with zero attached hydrogens (tertiary/aromatic N) is 3. The van der Waals surface area contributed by atoms with Gasteiger partial charge in [-0.05, 0) is 51.1 Å². The maximum atomic E-state index is 13.4. The Hall–Kier alpha value is -3.07. The summed E-state index contributed by atoms with van der Waals surface area (Å²) in [7, 11) is 0. The van der Waals surface area contributed by atoms with Gasteiger partial charge in [0.15, 0.2) is 5.16 Å². The molecule has 1 amide bonds. The predicted octanol–water partition coefficient (Wildman–Crippen LogP) is 6.13. The molecule has 0 aliphatic heterocycles. The second-order valence-electron chi connectivity index (χ2n) is 7.25. The van der Waals surface area contributed by atoms with Crippen LogP contribution in [0.15, 0.2) is 65.8 Å². The topological polar surface area (TPSA) is 58.1 Å². The highest BCUT2D eigenvalue weighted by Gasteiger charge is 2.34. The number of halogens is 3. The summed E-state index contributed by atoms with van der Waals surface area (Å²) in [6.45, 7) is 7.49. The zero-order chi connectivity index (χ0) is 24.0. The Labute approximate surface area is 195 Å². The summed E-state index contributed by atoms with van der Waals surface area (Å²) >= 11 is 0.883. The second-order valence-corrected chi connectivity index (χ2v) is 8.56. The van der Waals surface area contributed by atoms with Crippen LogP contribution in [-0.2, 0) is 11.0 Å². The predicted molar refractivity (Wildman–Crippen MR) is 126 cm³/mol. The maximum absolute atomic E-state index is 13.4. The molecule has 0 spiro atoms. The summed E-state index contributed by atoms with van der Waals surface area (Å²) < 4.78 is 40.2. The number of nitrogens with one attached hydrogen (secondary N) is 1. The lowest BCUT2D eigenvalue weighted by Gasteiger charge is -2.21. The highest BCUT2D eigenvalue weighted by atomic mass is 32.2. The fraction of sp³-hybridized carbons (Fsp3) is 0.292. The summed E-state index contributed by atoms with van der Waals surface area (Å²) in [5.41, 5.74) is 1.31. The van der Waals surface area contributed by atoms with E-state index in [1.54, 1.807) is 49.4 Å². The van der Waals surface area contributed by atoms with Crippen molar-refractivity contribution in [2.45, 2.75) is 37.4 Å². The van der Waals surface area contributed by atoms with Crippen molar-refractivity contribution in [3.8, 4) is 11.3 Å². The number of alkyl halides is 3. The highest BCUT2D eigenvalue weighted by Crippen LogP contribution is 2.33. The van der Waals surface area contributed by atoms with E-state index in [9.17, 15) is 18.0 Å². The first-order chi connectivity index (χ1) is 15.7. The number of carbonyl (C=O) groups is 1. The van der Waals surface area contributed by atoms with Gasteiger partial charge in [-0.25, -0.2) is 9.97 Å². The molecule has 9 heteroatoms. The number of rotatable bonds is 8. The van der Waals surface area contributed by atoms with Crippen LogP contribution < -0.4 is 10.2 Å². The molecule has 0 saturated carbocycles. The van der Waals surface area contributed by atoms with Gasteiger partial charge in [0, 0.05) is 30.0 Å². The molecule has 1 heterocycles. The number of hydrogen-bond donors (Lipinski definition) is 1. The summed E-state index contributed by atoms with van der Waals surface area (Å²) in [5, 5.41) is 1.98. The molecule has 0 radical (unpaired) electrons. The van der Waals surface area contributed by atoms with Crippen LogP contribution in [0.5, 0.6) is 0 Å². The fourth-order valence-electron chi connectivity index (χ4n) is 3.18. The van der Waals surface area contributed by atoms with Gasteiger partial charge in [-0.3, -0.25) is 4.79 Å². The van der Waals surface area contributed by atoms with Gasteiger partial charge in [0.05, 0.1) is 10.9 Å². The smallest absolute Gasteiger partial charge is 0.372 e. The molecule has 3 aromatic rings. The van der Waals surface area contributed by atoms with Crippen molar-refractivity contribution in [3.05, 3.63) is 66.4 Å². The number of amides is 1. The van der Waals surface area contributed by atoms with Crippen molar-refractivity contribution in [1.29, 1.82) is 0 Å². The van der Waals surface area contributed by atoms with Crippen LogP contribution in [0, 0.1) is 0 Å². The minimum atomic E-state index is -4.63. The second kappa shape index (κ2) is 10.7. The van der Waals surface area contributed by atoms with Crippen LogP contribution in [0.2, 0.25) is 0 Å². The number of thioether (sulfide) groups is 1. The number of hydrogen-bond acceptors (Lipinski definition) is 5. The van der Waals surface area contributed by atoms with E-state index in [1.165, 1.54) is 0 Å². The Morgan fingerprint density at radius 3 is 2.24 bits per heavy atom. The first-order valence-corrected chi connectivity index (χ1v) is 11.4. The third-order valence-electron chi connectivity index (χ3n) is 4.98. The van der Waals surface area contributed by atoms with Crippen molar-refractivity contribution in [3.63, 3.8) is 0 Å². The first kappa shape index (κ1) is 24.6. The summed E-state index contributed by atoms with van der Waals surface area (Å²) in [6, 6.07) is 16.9. The molecule has 174 valence electrons. The van der Waals surface area contributed by atoms with Crippen LogP contribution in [0.4, 0.5) is 24.5 Å². The Morgan fingerprint density at radius 2 is 1.67 bits per heavy atom. The number of carbonyl (C=O) groups excluding carboxylic acids is 1. The minimum Gasteiger partial charge on any atom is -0.372 e. The van der Waals surface area contributed by atoms with E-state index >= 15 is 0 Å². The van der Waals surface area contributed by atoms with E-state index in [4.69, 9.17) is 0 Å². The van der Waals surface area contributed by atoms with Crippen molar-refractivity contribution < 1.29 is 18.0 Å². The van der Waals surface area contributed by atoms with Gasteiger partial charge < -0.3 is 10.2 Å². The lowest BCUT2D eigenvalue weighted by atomic mass is 10.1. The Bertz CT molecular complexity index is 1070. The molecule has 0 bridgehead atoms. The summed E-state index contributed by atoms with van der Waals surface area (Å²) in [6.07, 6.45) is -4.63. The van der Waals surface area contributed by atoms with Crippen LogP contribution in [0.3, 0.4) is 0 Å². The molecule has 0 aliphatic carbocycles. The van der Waals surface area contributed by atoms with Crippen molar-refractivity contribution in [1.82, 2.24) is 9.97 Å². The highest BCUT2D eigenvalue weighted by molar-refractivity contribution is 8.00. The zero-order valence-corrected chi connectivity index (χ0v) is 19.4. The van der Waals surface area contributed by atoms with Crippen LogP contribution in [0.25, 0.3) is 11.3 Å². The number of benzene rings is 2. The average Bonchev–Trinajstić information content (AvgIpc) is 2.80. The minimum absolute atomic E-state index is 0.108. The maximum Gasteiger partial charge on any atom is 0.433 e. The molecule has 33 heavy (non-hydrogen) atoms. The zero-order valence-electron chi connectivity index (χ0n) is 18.6. The molecule has 3 rings (SSSR count). The third-order valence-corrected chi connectivity index (χ3v) is 5.94. The lowest BCUT2D eigenvalue weighted by Crippen LogP contribution is -2.23. The summed E-state index contributed by atoms with van der Waals surface area (Å²) in [4.78, 5) is 22.8. The molecule has 1 aromatic heterocycles. The van der Waals surface area contributed by atoms with E-state index in [-0.39, 0.29) is 16.8 Å². The average molecular weight is 475 g/mol. The molecule has 2 aromatic carbocycles. The van der Waals surface area contributed by atoms with Gasteiger partial charge in [0.2, 0.25) is 5.91 Å². The third kappa shape index (κ3) is 6.47. The van der Waals surface area contributed by atoms with E-state index in [0.29, 0.717) is 11.3 Å². The molecule has 0 aliphatic rings. The SMILES string of the molecule is CCN(CC)c1ccc(NC(=O)[C@@H](C)Sc2nc(-c3ccccc3)cc(C(F)(F)F)n2)cc1. The molecular formula is C24H25F3N4OS. The van der Waals surface area contributed by atoms with Gasteiger partial charge in [0.25, 0.3) is 0 Å². The van der Waals surface area contributed by atoms with Gasteiger partial charge in [-0.15, -0.1) is 0 Å². The largest absolute Gasteiger partial charge is 0.433 e. The van der Waals surface area contributed by atoms with Crippen LogP contribution >= 0.6 is 11.8 Å². The Kier molecular flexibility index (Phi) is 7.97. The van der Waals surface area contributed by atoms with Crippen molar-refractivity contribution in [2.75, 3.05) is 23.3 Å². The number of anilines is 2. The van der Waals surface area contributed by atoms with Gasteiger partial charge in [0.1, 0.15) is 5.69 Å². The molecule has 0 unspecified atom stereocenters. The Morgan fingerprint density at radius 1 is 1.03 bits per heavy atom. The molecule has 0 saturated heterocycles. The summed E-state index contributed by atoms with van der Waals surface area (Å²) in [5.74, 6) is -0.349. The van der Waals surface area contributed by atoms with E-state index in [2.05, 4.69) is 34.0 Å². The van der Waals surface area contributed by atoms with Gasteiger partial charge >= 0.3 is 6.18 Å². The molecule has 1 atom stereocenters. The molecule has 0 fully saturated rings. The fourth-order valence-corrected chi connectivity index (χ4v) is 3.96. The van der Waals surface area contributed by atoms with E-state index in [1.807, 2.05) is 12.1 Å². The Balaban J connectivity index is 1.76. The molecular weight excluding hydrogens is 449 g/mol. The van der Waals surface area contributed by atoms with Crippen molar-refractivity contribution in [2.24, 2.45) is 0 Å². The van der Waals surface area contributed by atoms with Crippen molar-refractivity contribution >= 4 is 29.0 Å². The molecule has 1 N–H and O–H groups in total. The normalized spacial score (nSPS) is 12.3. The first-order valence-electron chi connectivity index (χ1n) is 10.6. The van der Waals surface area contributed by atoms with Gasteiger partial charge in [-0.1, -0.05) is 42.1 Å². The van der Waals surface area contributed by atoms with E-state index < -0.39 is 17.1 Å². The monoisotopic (exact) mass is 474 g/mol. The number of aromatic nitrogens is 2. The van der Waals surface area contributed by atoms with Crippen LogP contribution in [-0.4, -0.2) is 34.2 Å². The molecule has 5 nitrogen and oxygen atoms in total. The van der Waals surface area contributed by atoms with Gasteiger partial charge in [-0.2, -0.15) is 13.2 Å². The quantitative estimate of drug-likeness (QED) is 0.315. The standard InChI is InChI=1S/C24H25F3N4OS/c1-4-31(5-2)19-13-11-18(12-14-19)28-22(32)16(3)33-23-29-20(17-9-7-6-8-10-17)15-21(30-23)24(25,26)27/h6-16H,4-5H2,1-3H3,(H,28,32)/t16-/m1/s1. The van der Waals surface area contributed by atoms with Crippen LogP contribution in [0.1, 0.15) is 26.5 Å². The lowest BCUT2D eigenvalue weighted by molar-refractivity contribution is -0.141. The van der Waals surface area contributed by atoms with E-state index in [0.717, 1.165) is 36.6 Å².